The third-order valence-electron chi connectivity index (χ3n) is 3.04. The zero-order valence-corrected chi connectivity index (χ0v) is 10.4. The molecule has 96 valence electrons. The Morgan fingerprint density at radius 1 is 1.39 bits per heavy atom. The number of hydrogen-bond donors (Lipinski definition) is 1. The number of amides is 1. The van der Waals surface area contributed by atoms with Crippen LogP contribution in [0, 0.1) is 5.82 Å². The summed E-state index contributed by atoms with van der Waals surface area (Å²) in [6, 6.07) is 5.89. The first kappa shape index (κ1) is 12.6. The molecule has 1 aliphatic heterocycles. The van der Waals surface area contributed by atoms with Crippen LogP contribution < -0.4 is 5.32 Å². The molecule has 1 aromatic rings. The molecule has 1 fully saturated rings. The first-order valence-corrected chi connectivity index (χ1v) is 6.15. The van der Waals surface area contributed by atoms with Gasteiger partial charge in [-0.2, -0.15) is 0 Å². The SMILES string of the molecule is CC(=CC(=O)Nc1cccc(F)c1)N1CCCC1. The van der Waals surface area contributed by atoms with Gasteiger partial charge in [-0.3, -0.25) is 4.79 Å². The molecule has 1 aliphatic rings. The van der Waals surface area contributed by atoms with Crippen molar-refractivity contribution in [3.63, 3.8) is 0 Å². The number of halogens is 1. The summed E-state index contributed by atoms with van der Waals surface area (Å²) >= 11 is 0. The summed E-state index contributed by atoms with van der Waals surface area (Å²) < 4.78 is 13.0. The Balaban J connectivity index is 1.97. The predicted octanol–water partition coefficient (Wildman–Crippen LogP) is 2.76. The second-order valence-corrected chi connectivity index (χ2v) is 4.48. The number of hydrogen-bond acceptors (Lipinski definition) is 2. The van der Waals surface area contributed by atoms with Gasteiger partial charge in [-0.05, 0) is 38.0 Å². The van der Waals surface area contributed by atoms with Gasteiger partial charge in [0.2, 0.25) is 5.91 Å². The number of likely N-dealkylation sites (tertiary alicyclic amines) is 1. The van der Waals surface area contributed by atoms with Gasteiger partial charge in [-0.15, -0.1) is 0 Å². The van der Waals surface area contributed by atoms with E-state index in [2.05, 4.69) is 10.2 Å². The zero-order chi connectivity index (χ0) is 13.0. The monoisotopic (exact) mass is 248 g/mol. The second kappa shape index (κ2) is 5.67. The van der Waals surface area contributed by atoms with Crippen molar-refractivity contribution in [3.8, 4) is 0 Å². The summed E-state index contributed by atoms with van der Waals surface area (Å²) in [4.78, 5) is 13.9. The lowest BCUT2D eigenvalue weighted by Crippen LogP contribution is -2.19. The standard InChI is InChI=1S/C14H17FN2O/c1-11(17-7-2-3-8-17)9-14(18)16-13-6-4-5-12(15)10-13/h4-6,9-10H,2-3,7-8H2,1H3,(H,16,18). The van der Waals surface area contributed by atoms with Crippen LogP contribution in [-0.2, 0) is 4.79 Å². The van der Waals surface area contributed by atoms with E-state index in [-0.39, 0.29) is 11.7 Å². The molecule has 1 N–H and O–H groups in total. The van der Waals surface area contributed by atoms with Crippen molar-refractivity contribution < 1.29 is 9.18 Å². The quantitative estimate of drug-likeness (QED) is 0.834. The van der Waals surface area contributed by atoms with Gasteiger partial charge >= 0.3 is 0 Å². The van der Waals surface area contributed by atoms with Crippen molar-refractivity contribution in [2.75, 3.05) is 18.4 Å². The molecule has 1 amide bonds. The Morgan fingerprint density at radius 3 is 2.78 bits per heavy atom. The lowest BCUT2D eigenvalue weighted by molar-refractivity contribution is -0.112. The first-order chi connectivity index (χ1) is 8.65. The molecule has 1 saturated heterocycles. The van der Waals surface area contributed by atoms with E-state index in [9.17, 15) is 9.18 Å². The van der Waals surface area contributed by atoms with E-state index in [0.29, 0.717) is 5.69 Å². The molecule has 4 heteroatoms. The first-order valence-electron chi connectivity index (χ1n) is 6.15. The van der Waals surface area contributed by atoms with Crippen molar-refractivity contribution in [3.05, 3.63) is 41.9 Å². The molecule has 0 unspecified atom stereocenters. The highest BCUT2D eigenvalue weighted by atomic mass is 19.1. The molecule has 0 bridgehead atoms. The number of carbonyl (C=O) groups is 1. The molecular formula is C14H17FN2O. The van der Waals surface area contributed by atoms with Crippen LogP contribution in [0.2, 0.25) is 0 Å². The molecular weight excluding hydrogens is 231 g/mol. The van der Waals surface area contributed by atoms with Gasteiger partial charge in [0.15, 0.2) is 0 Å². The maximum absolute atomic E-state index is 13.0. The third-order valence-corrected chi connectivity index (χ3v) is 3.04. The van der Waals surface area contributed by atoms with Crippen molar-refractivity contribution in [1.29, 1.82) is 0 Å². The summed E-state index contributed by atoms with van der Waals surface area (Å²) in [5.41, 5.74) is 1.44. The molecule has 0 aliphatic carbocycles. The Morgan fingerprint density at radius 2 is 2.11 bits per heavy atom. The lowest BCUT2D eigenvalue weighted by Gasteiger charge is -2.17. The molecule has 0 radical (unpaired) electrons. The number of allylic oxidation sites excluding steroid dienone is 1. The van der Waals surface area contributed by atoms with Crippen molar-refractivity contribution in [1.82, 2.24) is 4.90 Å². The number of nitrogens with zero attached hydrogens (tertiary/aromatic N) is 1. The largest absolute Gasteiger partial charge is 0.375 e. The van der Waals surface area contributed by atoms with E-state index in [0.717, 1.165) is 18.8 Å². The Hall–Kier alpha value is -1.84. The molecule has 0 atom stereocenters. The van der Waals surface area contributed by atoms with Crippen LogP contribution in [0.4, 0.5) is 10.1 Å². The third kappa shape index (κ3) is 3.32. The molecule has 0 spiro atoms. The average Bonchev–Trinajstić information content (AvgIpc) is 2.81. The van der Waals surface area contributed by atoms with Gasteiger partial charge in [-0.1, -0.05) is 6.07 Å². The van der Waals surface area contributed by atoms with Crippen LogP contribution in [0.5, 0.6) is 0 Å². The topological polar surface area (TPSA) is 32.3 Å². The van der Waals surface area contributed by atoms with Crippen LogP contribution in [0.1, 0.15) is 19.8 Å². The molecule has 1 heterocycles. The minimum absolute atomic E-state index is 0.218. The van der Waals surface area contributed by atoms with E-state index in [1.807, 2.05) is 6.92 Å². The highest BCUT2D eigenvalue weighted by Crippen LogP contribution is 2.14. The summed E-state index contributed by atoms with van der Waals surface area (Å²) in [6.45, 7) is 3.95. The summed E-state index contributed by atoms with van der Waals surface area (Å²) in [7, 11) is 0. The fraction of sp³-hybridized carbons (Fsp3) is 0.357. The van der Waals surface area contributed by atoms with Crippen molar-refractivity contribution in [2.45, 2.75) is 19.8 Å². The maximum Gasteiger partial charge on any atom is 0.250 e. The molecule has 1 aromatic carbocycles. The fourth-order valence-corrected chi connectivity index (χ4v) is 2.10. The summed E-state index contributed by atoms with van der Waals surface area (Å²) in [5, 5.41) is 2.66. The predicted molar refractivity (Wildman–Crippen MR) is 69.6 cm³/mol. The average molecular weight is 248 g/mol. The molecule has 3 nitrogen and oxygen atoms in total. The zero-order valence-electron chi connectivity index (χ0n) is 10.4. The highest BCUT2D eigenvalue weighted by Gasteiger charge is 2.12. The number of nitrogens with one attached hydrogen (secondary N) is 1. The van der Waals surface area contributed by atoms with Crippen molar-refractivity contribution in [2.24, 2.45) is 0 Å². The molecule has 0 aromatic heterocycles. The van der Waals surface area contributed by atoms with Crippen molar-refractivity contribution >= 4 is 11.6 Å². The van der Waals surface area contributed by atoms with Gasteiger partial charge in [0, 0.05) is 30.5 Å². The minimum Gasteiger partial charge on any atom is -0.375 e. The minimum atomic E-state index is -0.354. The molecule has 0 saturated carbocycles. The van der Waals surface area contributed by atoms with E-state index in [1.165, 1.54) is 25.0 Å². The highest BCUT2D eigenvalue weighted by molar-refractivity contribution is 5.99. The normalized spacial score (nSPS) is 15.9. The van der Waals surface area contributed by atoms with E-state index >= 15 is 0 Å². The number of carbonyl (C=O) groups excluding carboxylic acids is 1. The number of benzene rings is 1. The van der Waals surface area contributed by atoms with Gasteiger partial charge < -0.3 is 10.2 Å². The van der Waals surface area contributed by atoms with E-state index in [1.54, 1.807) is 18.2 Å². The Bertz CT molecular complexity index is 465. The second-order valence-electron chi connectivity index (χ2n) is 4.48. The Labute approximate surface area is 106 Å². The summed E-state index contributed by atoms with van der Waals surface area (Å²) in [6.07, 6.45) is 3.92. The van der Waals surface area contributed by atoms with Gasteiger partial charge in [0.25, 0.3) is 0 Å². The smallest absolute Gasteiger partial charge is 0.250 e. The van der Waals surface area contributed by atoms with Gasteiger partial charge in [0.05, 0.1) is 0 Å². The van der Waals surface area contributed by atoms with E-state index < -0.39 is 0 Å². The van der Waals surface area contributed by atoms with Crippen LogP contribution in [-0.4, -0.2) is 23.9 Å². The van der Waals surface area contributed by atoms with Crippen LogP contribution in [0.3, 0.4) is 0 Å². The lowest BCUT2D eigenvalue weighted by atomic mass is 10.3. The Kier molecular flexibility index (Phi) is 3.97. The molecule has 18 heavy (non-hydrogen) atoms. The fourth-order valence-electron chi connectivity index (χ4n) is 2.10. The maximum atomic E-state index is 13.0. The van der Waals surface area contributed by atoms with Crippen LogP contribution >= 0.6 is 0 Å². The molecule has 2 rings (SSSR count). The van der Waals surface area contributed by atoms with Gasteiger partial charge in [-0.25, -0.2) is 4.39 Å². The number of rotatable bonds is 3. The van der Waals surface area contributed by atoms with E-state index in [4.69, 9.17) is 0 Å². The van der Waals surface area contributed by atoms with Crippen LogP contribution in [0.15, 0.2) is 36.0 Å². The van der Waals surface area contributed by atoms with Crippen LogP contribution in [0.25, 0.3) is 0 Å². The van der Waals surface area contributed by atoms with Gasteiger partial charge in [0.1, 0.15) is 5.82 Å². The summed E-state index contributed by atoms with van der Waals surface area (Å²) in [5.74, 6) is -0.571. The number of anilines is 1.